The molecule has 0 saturated carbocycles. The van der Waals surface area contributed by atoms with E-state index in [2.05, 4.69) is 4.74 Å². The van der Waals surface area contributed by atoms with E-state index in [9.17, 15) is 35.9 Å². The summed E-state index contributed by atoms with van der Waals surface area (Å²) in [7, 11) is 0. The van der Waals surface area contributed by atoms with Crippen LogP contribution in [0, 0.1) is 5.92 Å². The van der Waals surface area contributed by atoms with Gasteiger partial charge in [-0.1, -0.05) is 30.3 Å². The summed E-state index contributed by atoms with van der Waals surface area (Å²) in [4.78, 5) is 22.3. The van der Waals surface area contributed by atoms with Crippen molar-refractivity contribution in [3.05, 3.63) is 35.9 Å². The summed E-state index contributed by atoms with van der Waals surface area (Å²) in [5.74, 6) is -5.94. The molecule has 0 heterocycles. The van der Waals surface area contributed by atoms with Crippen molar-refractivity contribution in [1.29, 1.82) is 0 Å². The average molecular weight is 373 g/mol. The molecule has 0 aliphatic heterocycles. The minimum Gasteiger partial charge on any atom is -0.480 e. The molecule has 0 spiro atoms. The third-order valence-electron chi connectivity index (χ3n) is 3.06. The van der Waals surface area contributed by atoms with Crippen LogP contribution in [-0.2, 0) is 16.1 Å². The Kier molecular flexibility index (Phi) is 6.65. The summed E-state index contributed by atoms with van der Waals surface area (Å²) in [6.45, 7) is -0.332. The zero-order valence-corrected chi connectivity index (χ0v) is 12.4. The standard InChI is InChI=1S/C14H13F6NO4/c15-13(16,17)10(14(18,19)20)6-9(11(22)23)21-12(24)25-7-8-4-2-1-3-5-8/h1-5,9-10H,6-7H2,(H,21,24)(H,22,23)/t9-/m0/s1. The maximum absolute atomic E-state index is 12.5. The van der Waals surface area contributed by atoms with Crippen molar-refractivity contribution in [1.82, 2.24) is 5.32 Å². The molecule has 0 aliphatic rings. The second kappa shape index (κ2) is 8.08. The van der Waals surface area contributed by atoms with Crippen molar-refractivity contribution in [3.63, 3.8) is 0 Å². The van der Waals surface area contributed by atoms with E-state index >= 15 is 0 Å². The number of hydrogen-bond acceptors (Lipinski definition) is 3. The Hall–Kier alpha value is -2.46. The van der Waals surface area contributed by atoms with Gasteiger partial charge in [-0.25, -0.2) is 9.59 Å². The van der Waals surface area contributed by atoms with Crippen molar-refractivity contribution in [2.24, 2.45) is 5.92 Å². The van der Waals surface area contributed by atoms with Crippen LogP contribution in [0.2, 0.25) is 0 Å². The van der Waals surface area contributed by atoms with Gasteiger partial charge in [-0.3, -0.25) is 0 Å². The Morgan fingerprint density at radius 3 is 2.00 bits per heavy atom. The van der Waals surface area contributed by atoms with Gasteiger partial charge in [0.15, 0.2) is 5.92 Å². The number of alkyl carbamates (subject to hydrolysis) is 1. The van der Waals surface area contributed by atoms with Crippen molar-refractivity contribution in [2.75, 3.05) is 0 Å². The number of carboxylic acid groups (broad SMARTS) is 1. The number of carbonyl (C=O) groups is 2. The van der Waals surface area contributed by atoms with Gasteiger partial charge in [0.1, 0.15) is 12.6 Å². The summed E-state index contributed by atoms with van der Waals surface area (Å²) in [6.07, 6.45) is -14.8. The predicted molar refractivity (Wildman–Crippen MR) is 71.4 cm³/mol. The molecular weight excluding hydrogens is 360 g/mol. The van der Waals surface area contributed by atoms with Crippen LogP contribution in [0.15, 0.2) is 30.3 Å². The van der Waals surface area contributed by atoms with Crippen LogP contribution in [0.4, 0.5) is 31.1 Å². The third-order valence-corrected chi connectivity index (χ3v) is 3.06. The fraction of sp³-hybridized carbons (Fsp3) is 0.429. The van der Waals surface area contributed by atoms with Gasteiger partial charge in [-0.2, -0.15) is 26.3 Å². The molecule has 11 heteroatoms. The number of ether oxygens (including phenoxy) is 1. The first kappa shape index (κ1) is 20.6. The van der Waals surface area contributed by atoms with E-state index in [1.807, 2.05) is 0 Å². The van der Waals surface area contributed by atoms with E-state index in [4.69, 9.17) is 5.11 Å². The topological polar surface area (TPSA) is 75.6 Å². The maximum Gasteiger partial charge on any atom is 0.408 e. The molecule has 1 rings (SSSR count). The quantitative estimate of drug-likeness (QED) is 0.749. The van der Waals surface area contributed by atoms with Gasteiger partial charge in [0.05, 0.1) is 0 Å². The average Bonchev–Trinajstić information content (AvgIpc) is 2.47. The monoisotopic (exact) mass is 373 g/mol. The van der Waals surface area contributed by atoms with Gasteiger partial charge in [0, 0.05) is 0 Å². The molecular formula is C14H13F6NO4. The van der Waals surface area contributed by atoms with E-state index in [1.165, 1.54) is 5.32 Å². The molecule has 1 amide bonds. The molecule has 2 N–H and O–H groups in total. The highest BCUT2D eigenvalue weighted by molar-refractivity contribution is 5.79. The number of rotatable bonds is 6. The Balaban J connectivity index is 2.73. The molecule has 0 unspecified atom stereocenters. The maximum atomic E-state index is 12.5. The molecule has 0 saturated heterocycles. The first-order valence-electron chi connectivity index (χ1n) is 6.74. The van der Waals surface area contributed by atoms with Crippen LogP contribution in [0.1, 0.15) is 12.0 Å². The largest absolute Gasteiger partial charge is 0.480 e. The minimum atomic E-state index is -5.71. The molecule has 0 radical (unpaired) electrons. The highest BCUT2D eigenvalue weighted by Crippen LogP contribution is 2.41. The highest BCUT2D eigenvalue weighted by Gasteiger charge is 2.57. The number of alkyl halides is 6. The zero-order chi connectivity index (χ0) is 19.3. The molecule has 25 heavy (non-hydrogen) atoms. The number of benzene rings is 1. The molecule has 5 nitrogen and oxygen atoms in total. The lowest BCUT2D eigenvalue weighted by molar-refractivity contribution is -0.286. The van der Waals surface area contributed by atoms with Crippen molar-refractivity contribution >= 4 is 12.1 Å². The Labute approximate surface area is 137 Å². The SMILES string of the molecule is O=C(N[C@@H](CC(C(F)(F)F)C(F)(F)F)C(=O)O)OCc1ccccc1. The zero-order valence-electron chi connectivity index (χ0n) is 12.4. The summed E-state index contributed by atoms with van der Waals surface area (Å²) >= 11 is 0. The second-order valence-electron chi connectivity index (χ2n) is 4.97. The van der Waals surface area contributed by atoms with E-state index in [1.54, 1.807) is 30.3 Å². The van der Waals surface area contributed by atoms with Crippen LogP contribution >= 0.6 is 0 Å². The van der Waals surface area contributed by atoms with Crippen LogP contribution in [0.5, 0.6) is 0 Å². The molecule has 1 aromatic carbocycles. The number of amides is 1. The summed E-state index contributed by atoms with van der Waals surface area (Å²) in [6, 6.07) is 5.55. The predicted octanol–water partition coefficient (Wildman–Crippen LogP) is 3.50. The fourth-order valence-electron chi connectivity index (χ4n) is 1.82. The molecule has 140 valence electrons. The number of carboxylic acids is 1. The van der Waals surface area contributed by atoms with Crippen LogP contribution in [-0.4, -0.2) is 35.6 Å². The number of nitrogens with one attached hydrogen (secondary N) is 1. The summed E-state index contributed by atoms with van der Waals surface area (Å²) < 4.78 is 79.5. The van der Waals surface area contributed by atoms with Gasteiger partial charge >= 0.3 is 24.4 Å². The van der Waals surface area contributed by atoms with Crippen LogP contribution < -0.4 is 5.32 Å². The van der Waals surface area contributed by atoms with Gasteiger partial charge in [0.2, 0.25) is 0 Å². The first-order valence-corrected chi connectivity index (χ1v) is 6.74. The van der Waals surface area contributed by atoms with E-state index in [0.717, 1.165) is 0 Å². The molecule has 0 bridgehead atoms. The van der Waals surface area contributed by atoms with E-state index < -0.39 is 42.8 Å². The fourth-order valence-corrected chi connectivity index (χ4v) is 1.82. The highest BCUT2D eigenvalue weighted by atomic mass is 19.4. The van der Waals surface area contributed by atoms with Gasteiger partial charge in [0.25, 0.3) is 0 Å². The summed E-state index contributed by atoms with van der Waals surface area (Å²) in [5, 5.41) is 10.3. The smallest absolute Gasteiger partial charge is 0.408 e. The normalized spacial score (nSPS) is 13.4. The second-order valence-corrected chi connectivity index (χ2v) is 4.97. The lowest BCUT2D eigenvalue weighted by Crippen LogP contribution is -2.47. The molecule has 0 aromatic heterocycles. The first-order chi connectivity index (χ1) is 11.4. The third kappa shape index (κ3) is 6.89. The molecule has 1 aromatic rings. The van der Waals surface area contributed by atoms with Gasteiger partial charge in [-0.05, 0) is 12.0 Å². The minimum absolute atomic E-state index is 0.332. The number of hydrogen-bond donors (Lipinski definition) is 2. The molecule has 0 aliphatic carbocycles. The Morgan fingerprint density at radius 2 is 1.56 bits per heavy atom. The van der Waals surface area contributed by atoms with Crippen LogP contribution in [0.25, 0.3) is 0 Å². The number of carbonyl (C=O) groups excluding carboxylic acids is 1. The number of halogens is 6. The van der Waals surface area contributed by atoms with E-state index in [0.29, 0.717) is 5.56 Å². The van der Waals surface area contributed by atoms with Crippen LogP contribution in [0.3, 0.4) is 0 Å². The molecule has 1 atom stereocenters. The molecule has 0 fully saturated rings. The Morgan fingerprint density at radius 1 is 1.04 bits per heavy atom. The number of aliphatic carboxylic acids is 1. The van der Waals surface area contributed by atoms with Gasteiger partial charge < -0.3 is 15.2 Å². The lowest BCUT2D eigenvalue weighted by atomic mass is 9.98. The van der Waals surface area contributed by atoms with Gasteiger partial charge in [-0.15, -0.1) is 0 Å². The Bertz CT molecular complexity index is 573. The van der Waals surface area contributed by atoms with E-state index in [-0.39, 0.29) is 6.61 Å². The van der Waals surface area contributed by atoms with Crippen molar-refractivity contribution < 1.29 is 45.8 Å². The van der Waals surface area contributed by atoms with Crippen molar-refractivity contribution in [3.8, 4) is 0 Å². The van der Waals surface area contributed by atoms with Crippen molar-refractivity contribution in [2.45, 2.75) is 31.4 Å². The lowest BCUT2D eigenvalue weighted by Gasteiger charge is -2.25. The summed E-state index contributed by atoms with van der Waals surface area (Å²) in [5.41, 5.74) is 0.494.